The van der Waals surface area contributed by atoms with Gasteiger partial charge in [-0.1, -0.05) is 62.5 Å². The predicted molar refractivity (Wildman–Crippen MR) is 155 cm³/mol. The van der Waals surface area contributed by atoms with Gasteiger partial charge in [0.25, 0.3) is 5.91 Å². The fourth-order valence-electron chi connectivity index (χ4n) is 3.45. The summed E-state index contributed by atoms with van der Waals surface area (Å²) in [5, 5.41) is 1.29. The Kier molecular flexibility index (Phi) is 9.17. The van der Waals surface area contributed by atoms with Gasteiger partial charge < -0.3 is 9.47 Å². The number of carbonyl (C=O) groups is 1. The molecule has 1 aliphatic rings. The van der Waals surface area contributed by atoms with E-state index >= 15 is 0 Å². The maximum atomic E-state index is 13.2. The fourth-order valence-corrected chi connectivity index (χ4v) is 5.30. The van der Waals surface area contributed by atoms with Crippen LogP contribution < -0.4 is 9.47 Å². The second-order valence-electron chi connectivity index (χ2n) is 7.88. The van der Waals surface area contributed by atoms with E-state index < -0.39 is 0 Å². The number of nitrogens with zero attached hydrogens (tertiary/aromatic N) is 2. The van der Waals surface area contributed by atoms with Crippen molar-refractivity contribution in [3.05, 3.63) is 90.7 Å². The molecule has 1 heterocycles. The van der Waals surface area contributed by atoms with Crippen LogP contribution in [0, 0.1) is 0 Å². The van der Waals surface area contributed by atoms with Gasteiger partial charge in [0.05, 0.1) is 17.7 Å². The van der Waals surface area contributed by atoms with E-state index in [0.29, 0.717) is 39.7 Å². The number of ether oxygens (including phenoxy) is 2. The standard InChI is InChI=1S/C27H23Br2ClN2O3S/c1-3-12-32-26(33)25(36-27(32)31-21-10-8-20(30)9-11-21)14-18-13-23(34-2)24(15-22(18)29)35-16-17-4-6-19(28)7-5-17/h4-11,13-15H,3,12,16H2,1-2H3/b25-14-,31-27?. The van der Waals surface area contributed by atoms with Gasteiger partial charge in [-0.15, -0.1) is 0 Å². The van der Waals surface area contributed by atoms with Gasteiger partial charge in [0.15, 0.2) is 16.7 Å². The zero-order valence-electron chi connectivity index (χ0n) is 19.6. The number of rotatable bonds is 8. The Morgan fingerprint density at radius 2 is 1.78 bits per heavy atom. The zero-order chi connectivity index (χ0) is 25.7. The van der Waals surface area contributed by atoms with E-state index in [1.165, 1.54) is 11.8 Å². The molecule has 0 aliphatic carbocycles. The Labute approximate surface area is 236 Å². The van der Waals surface area contributed by atoms with Gasteiger partial charge in [0.2, 0.25) is 0 Å². The molecule has 3 aromatic rings. The molecule has 1 saturated heterocycles. The lowest BCUT2D eigenvalue weighted by atomic mass is 10.1. The number of amidine groups is 1. The molecule has 36 heavy (non-hydrogen) atoms. The second-order valence-corrected chi connectivity index (χ2v) is 11.1. The van der Waals surface area contributed by atoms with Crippen LogP contribution in [0.25, 0.3) is 6.08 Å². The number of carbonyl (C=O) groups excluding carboxylic acids is 1. The molecule has 1 aliphatic heterocycles. The van der Waals surface area contributed by atoms with Crippen LogP contribution >= 0.6 is 55.2 Å². The van der Waals surface area contributed by atoms with E-state index in [0.717, 1.165) is 32.2 Å². The molecule has 0 aromatic heterocycles. The van der Waals surface area contributed by atoms with Crippen molar-refractivity contribution in [2.45, 2.75) is 20.0 Å². The molecule has 4 rings (SSSR count). The van der Waals surface area contributed by atoms with Gasteiger partial charge in [0.1, 0.15) is 6.61 Å². The van der Waals surface area contributed by atoms with Gasteiger partial charge in [-0.2, -0.15) is 0 Å². The number of halogens is 3. The van der Waals surface area contributed by atoms with Crippen LogP contribution in [-0.2, 0) is 11.4 Å². The highest BCUT2D eigenvalue weighted by atomic mass is 79.9. The summed E-state index contributed by atoms with van der Waals surface area (Å²) >= 11 is 14.4. The van der Waals surface area contributed by atoms with Crippen LogP contribution in [0.3, 0.4) is 0 Å². The molecule has 1 fully saturated rings. The topological polar surface area (TPSA) is 51.1 Å². The van der Waals surface area contributed by atoms with E-state index in [2.05, 4.69) is 31.9 Å². The fraction of sp³-hybridized carbons (Fsp3) is 0.185. The van der Waals surface area contributed by atoms with Crippen LogP contribution in [0.15, 0.2) is 79.5 Å². The quantitative estimate of drug-likeness (QED) is 0.230. The first-order chi connectivity index (χ1) is 17.4. The maximum Gasteiger partial charge on any atom is 0.266 e. The average Bonchev–Trinajstić information content (AvgIpc) is 3.15. The molecule has 0 atom stereocenters. The van der Waals surface area contributed by atoms with Gasteiger partial charge in [-0.25, -0.2) is 4.99 Å². The summed E-state index contributed by atoms with van der Waals surface area (Å²) in [6.07, 6.45) is 2.67. The van der Waals surface area contributed by atoms with Crippen molar-refractivity contribution >= 4 is 78.1 Å². The number of hydrogen-bond acceptors (Lipinski definition) is 5. The largest absolute Gasteiger partial charge is 0.493 e. The monoisotopic (exact) mass is 648 g/mol. The molecule has 0 bridgehead atoms. The number of benzene rings is 3. The molecule has 0 radical (unpaired) electrons. The molecule has 9 heteroatoms. The molecular weight excluding hydrogens is 628 g/mol. The number of thioether (sulfide) groups is 1. The highest BCUT2D eigenvalue weighted by molar-refractivity contribution is 9.10. The Morgan fingerprint density at radius 1 is 1.06 bits per heavy atom. The van der Waals surface area contributed by atoms with E-state index in [1.807, 2.05) is 61.5 Å². The molecule has 186 valence electrons. The van der Waals surface area contributed by atoms with Crippen LogP contribution in [0.2, 0.25) is 5.02 Å². The van der Waals surface area contributed by atoms with Crippen molar-refractivity contribution in [1.82, 2.24) is 4.90 Å². The summed E-state index contributed by atoms with van der Waals surface area (Å²) in [6, 6.07) is 18.9. The minimum absolute atomic E-state index is 0.0732. The van der Waals surface area contributed by atoms with Gasteiger partial charge in [-0.3, -0.25) is 9.69 Å². The molecule has 3 aromatic carbocycles. The van der Waals surface area contributed by atoms with Crippen molar-refractivity contribution in [3.63, 3.8) is 0 Å². The van der Waals surface area contributed by atoms with Crippen molar-refractivity contribution in [1.29, 1.82) is 0 Å². The SMILES string of the molecule is CCCN1C(=O)/C(=C/c2cc(OC)c(OCc3ccc(Br)cc3)cc2Br)SC1=Nc1ccc(Cl)cc1. The van der Waals surface area contributed by atoms with Crippen molar-refractivity contribution in [2.75, 3.05) is 13.7 Å². The zero-order valence-corrected chi connectivity index (χ0v) is 24.4. The Balaban J connectivity index is 1.59. The lowest BCUT2D eigenvalue weighted by Crippen LogP contribution is -2.29. The molecule has 0 saturated carbocycles. The molecule has 0 spiro atoms. The third kappa shape index (κ3) is 6.54. The second kappa shape index (κ2) is 12.3. The van der Waals surface area contributed by atoms with Crippen molar-refractivity contribution < 1.29 is 14.3 Å². The number of amides is 1. The minimum atomic E-state index is -0.0732. The third-order valence-electron chi connectivity index (χ3n) is 5.26. The summed E-state index contributed by atoms with van der Waals surface area (Å²) < 4.78 is 13.4. The van der Waals surface area contributed by atoms with Crippen molar-refractivity contribution in [2.24, 2.45) is 4.99 Å². The molecule has 0 N–H and O–H groups in total. The molecule has 5 nitrogen and oxygen atoms in total. The smallest absolute Gasteiger partial charge is 0.266 e. The van der Waals surface area contributed by atoms with E-state index in [4.69, 9.17) is 26.1 Å². The number of methoxy groups -OCH3 is 1. The summed E-state index contributed by atoms with van der Waals surface area (Å²) in [5.41, 5.74) is 2.59. The normalized spacial score (nSPS) is 15.7. The first-order valence-corrected chi connectivity index (χ1v) is 14.0. The first kappa shape index (κ1) is 26.8. The minimum Gasteiger partial charge on any atom is -0.493 e. The van der Waals surface area contributed by atoms with Crippen molar-refractivity contribution in [3.8, 4) is 11.5 Å². The third-order valence-corrected chi connectivity index (χ3v) is 7.74. The van der Waals surface area contributed by atoms with Crippen LogP contribution in [0.5, 0.6) is 11.5 Å². The van der Waals surface area contributed by atoms with Crippen LogP contribution in [-0.4, -0.2) is 29.6 Å². The molecule has 0 unspecified atom stereocenters. The highest BCUT2D eigenvalue weighted by Crippen LogP contribution is 2.39. The Morgan fingerprint density at radius 3 is 2.44 bits per heavy atom. The summed E-state index contributed by atoms with van der Waals surface area (Å²) in [4.78, 5) is 20.2. The van der Waals surface area contributed by atoms with Gasteiger partial charge in [0, 0.05) is 20.5 Å². The van der Waals surface area contributed by atoms with Crippen LogP contribution in [0.1, 0.15) is 24.5 Å². The summed E-state index contributed by atoms with van der Waals surface area (Å²) in [7, 11) is 1.60. The van der Waals surface area contributed by atoms with E-state index in [1.54, 1.807) is 24.1 Å². The van der Waals surface area contributed by atoms with E-state index in [-0.39, 0.29) is 5.91 Å². The van der Waals surface area contributed by atoms with E-state index in [9.17, 15) is 4.79 Å². The Hall–Kier alpha value is -2.26. The number of aliphatic imine (C=N–C) groups is 1. The molecular formula is C27H23Br2ClN2O3S. The lowest BCUT2D eigenvalue weighted by Gasteiger charge is -2.14. The Bertz CT molecular complexity index is 1310. The lowest BCUT2D eigenvalue weighted by molar-refractivity contribution is -0.122. The first-order valence-electron chi connectivity index (χ1n) is 11.2. The highest BCUT2D eigenvalue weighted by Gasteiger charge is 2.33. The summed E-state index contributed by atoms with van der Waals surface area (Å²) in [6.45, 7) is 3.03. The molecule has 1 amide bonds. The van der Waals surface area contributed by atoms with Gasteiger partial charge in [-0.05, 0) is 83.9 Å². The maximum absolute atomic E-state index is 13.2. The predicted octanol–water partition coefficient (Wildman–Crippen LogP) is 8.47. The van der Waals surface area contributed by atoms with Gasteiger partial charge >= 0.3 is 0 Å². The average molecular weight is 651 g/mol. The number of hydrogen-bond donors (Lipinski definition) is 0. The summed E-state index contributed by atoms with van der Waals surface area (Å²) in [5.74, 6) is 1.12. The van der Waals surface area contributed by atoms with Crippen LogP contribution in [0.4, 0.5) is 5.69 Å².